The molecule has 0 N–H and O–H groups in total. The Kier molecular flexibility index (Phi) is 3.50. The van der Waals surface area contributed by atoms with Crippen LogP contribution < -0.4 is 0 Å². The van der Waals surface area contributed by atoms with Crippen LogP contribution in [-0.4, -0.2) is 24.2 Å². The Morgan fingerprint density at radius 1 is 1.47 bits per heavy atom. The first-order chi connectivity index (χ1) is 7.13. The van der Waals surface area contributed by atoms with Crippen molar-refractivity contribution < 1.29 is 14.5 Å². The standard InChI is InChI=1S/C9H8N2O4/c1-15-9(12)6-10-7-2-4-8(5-3-7)11(13)14/h2-6H,1H3. The number of rotatable bonds is 3. The SMILES string of the molecule is COC(=O)C=Nc1ccc([N+](=O)[O-])cc1. The maximum atomic E-state index is 10.7. The van der Waals surface area contributed by atoms with Gasteiger partial charge in [-0.1, -0.05) is 0 Å². The summed E-state index contributed by atoms with van der Waals surface area (Å²) >= 11 is 0. The normalized spacial score (nSPS) is 10.2. The third kappa shape index (κ3) is 3.18. The van der Waals surface area contributed by atoms with Gasteiger partial charge in [0.2, 0.25) is 0 Å². The predicted octanol–water partition coefficient (Wildman–Crippen LogP) is 1.47. The van der Waals surface area contributed by atoms with Crippen LogP contribution in [0.1, 0.15) is 0 Å². The number of nitrogens with zero attached hydrogens (tertiary/aromatic N) is 2. The zero-order chi connectivity index (χ0) is 11.3. The number of benzene rings is 1. The van der Waals surface area contributed by atoms with Crippen molar-refractivity contribution in [3.05, 3.63) is 34.4 Å². The van der Waals surface area contributed by atoms with Gasteiger partial charge in [0.25, 0.3) is 5.69 Å². The van der Waals surface area contributed by atoms with Crippen molar-refractivity contribution in [3.63, 3.8) is 0 Å². The van der Waals surface area contributed by atoms with Crippen molar-refractivity contribution in [2.24, 2.45) is 4.99 Å². The van der Waals surface area contributed by atoms with Crippen LogP contribution in [0, 0.1) is 10.1 Å². The number of ether oxygens (including phenoxy) is 1. The summed E-state index contributed by atoms with van der Waals surface area (Å²) in [5.74, 6) is -0.576. The van der Waals surface area contributed by atoms with Crippen molar-refractivity contribution in [3.8, 4) is 0 Å². The highest BCUT2D eigenvalue weighted by molar-refractivity contribution is 6.23. The minimum absolute atomic E-state index is 0.0213. The van der Waals surface area contributed by atoms with Gasteiger partial charge in [0.15, 0.2) is 0 Å². The quantitative estimate of drug-likeness (QED) is 0.326. The number of hydrogen-bond acceptors (Lipinski definition) is 5. The molecule has 0 aliphatic carbocycles. The molecule has 0 bridgehead atoms. The molecular weight excluding hydrogens is 200 g/mol. The topological polar surface area (TPSA) is 81.8 Å². The third-order valence-corrected chi connectivity index (χ3v) is 1.58. The molecule has 15 heavy (non-hydrogen) atoms. The molecule has 0 unspecified atom stereocenters. The zero-order valence-corrected chi connectivity index (χ0v) is 7.91. The van der Waals surface area contributed by atoms with E-state index < -0.39 is 10.9 Å². The van der Waals surface area contributed by atoms with Crippen molar-refractivity contribution in [1.29, 1.82) is 0 Å². The van der Waals surface area contributed by atoms with Crippen molar-refractivity contribution in [2.75, 3.05) is 7.11 Å². The first-order valence-electron chi connectivity index (χ1n) is 4.00. The average molecular weight is 208 g/mol. The van der Waals surface area contributed by atoms with Crippen molar-refractivity contribution in [2.45, 2.75) is 0 Å². The molecule has 1 aromatic carbocycles. The second-order valence-electron chi connectivity index (χ2n) is 2.55. The Balaban J connectivity index is 2.77. The van der Waals surface area contributed by atoms with E-state index in [0.717, 1.165) is 6.21 Å². The molecule has 0 spiro atoms. The maximum Gasteiger partial charge on any atom is 0.349 e. The fourth-order valence-corrected chi connectivity index (χ4v) is 0.840. The molecule has 6 nitrogen and oxygen atoms in total. The van der Waals surface area contributed by atoms with E-state index in [1.165, 1.54) is 31.4 Å². The van der Waals surface area contributed by atoms with E-state index in [4.69, 9.17) is 0 Å². The third-order valence-electron chi connectivity index (χ3n) is 1.58. The summed E-state index contributed by atoms with van der Waals surface area (Å²) in [4.78, 5) is 24.2. The van der Waals surface area contributed by atoms with Gasteiger partial charge in [0.05, 0.1) is 17.7 Å². The van der Waals surface area contributed by atoms with Crippen molar-refractivity contribution in [1.82, 2.24) is 0 Å². The second kappa shape index (κ2) is 4.85. The lowest BCUT2D eigenvalue weighted by molar-refractivity contribution is -0.384. The number of methoxy groups -OCH3 is 1. The number of nitro benzene ring substituents is 1. The van der Waals surface area contributed by atoms with E-state index in [-0.39, 0.29) is 5.69 Å². The number of non-ortho nitro benzene ring substituents is 1. The lowest BCUT2D eigenvalue weighted by Crippen LogP contribution is -1.99. The second-order valence-corrected chi connectivity index (χ2v) is 2.55. The molecule has 0 aliphatic heterocycles. The molecule has 0 heterocycles. The molecule has 6 heteroatoms. The molecule has 0 saturated heterocycles. The maximum absolute atomic E-state index is 10.7. The molecule has 0 atom stereocenters. The summed E-state index contributed by atoms with van der Waals surface area (Å²) < 4.78 is 4.34. The molecule has 0 saturated carbocycles. The smallest absolute Gasteiger partial charge is 0.349 e. The Morgan fingerprint density at radius 2 is 2.07 bits per heavy atom. The summed E-state index contributed by atoms with van der Waals surface area (Å²) in [6.07, 6.45) is 1.00. The van der Waals surface area contributed by atoms with Gasteiger partial charge in [-0.25, -0.2) is 9.79 Å². The first kappa shape index (κ1) is 10.8. The lowest BCUT2D eigenvalue weighted by Gasteiger charge is -1.93. The summed E-state index contributed by atoms with van der Waals surface area (Å²) in [5, 5.41) is 10.3. The molecule has 78 valence electrons. The number of esters is 1. The van der Waals surface area contributed by atoms with E-state index in [0.29, 0.717) is 5.69 Å². The Bertz CT molecular complexity index is 397. The van der Waals surface area contributed by atoms with Crippen molar-refractivity contribution >= 4 is 23.6 Å². The first-order valence-corrected chi connectivity index (χ1v) is 4.00. The molecular formula is C9H8N2O4. The highest BCUT2D eigenvalue weighted by Crippen LogP contribution is 2.17. The number of nitro groups is 1. The molecule has 1 rings (SSSR count). The largest absolute Gasteiger partial charge is 0.465 e. The highest BCUT2D eigenvalue weighted by atomic mass is 16.6. The number of carbonyl (C=O) groups is 1. The lowest BCUT2D eigenvalue weighted by atomic mass is 10.3. The highest BCUT2D eigenvalue weighted by Gasteiger charge is 2.02. The van der Waals surface area contributed by atoms with E-state index >= 15 is 0 Å². The van der Waals surface area contributed by atoms with E-state index in [2.05, 4.69) is 9.73 Å². The average Bonchev–Trinajstić information content (AvgIpc) is 2.26. The Labute approximate surface area is 85.3 Å². The van der Waals surface area contributed by atoms with Gasteiger partial charge in [-0.05, 0) is 12.1 Å². The summed E-state index contributed by atoms with van der Waals surface area (Å²) in [6.45, 7) is 0. The molecule has 1 aromatic rings. The van der Waals surface area contributed by atoms with Gasteiger partial charge in [0.1, 0.15) is 6.21 Å². The summed E-state index contributed by atoms with van der Waals surface area (Å²) in [5.41, 5.74) is 0.429. The van der Waals surface area contributed by atoms with Gasteiger partial charge in [-0.2, -0.15) is 0 Å². The Morgan fingerprint density at radius 3 is 2.53 bits per heavy atom. The van der Waals surface area contributed by atoms with Gasteiger partial charge in [-0.3, -0.25) is 10.1 Å². The summed E-state index contributed by atoms with van der Waals surface area (Å²) in [6, 6.07) is 5.50. The van der Waals surface area contributed by atoms with Gasteiger partial charge in [0, 0.05) is 12.1 Å². The molecule has 0 amide bonds. The number of carbonyl (C=O) groups excluding carboxylic acids is 1. The van der Waals surface area contributed by atoms with E-state index in [1.54, 1.807) is 0 Å². The molecule has 0 aliphatic rings. The minimum atomic E-state index is -0.576. The number of hydrogen-bond donors (Lipinski definition) is 0. The van der Waals surface area contributed by atoms with Crippen LogP contribution in [0.2, 0.25) is 0 Å². The van der Waals surface area contributed by atoms with Crippen LogP contribution in [0.25, 0.3) is 0 Å². The van der Waals surface area contributed by atoms with Crippen LogP contribution in [0.3, 0.4) is 0 Å². The van der Waals surface area contributed by atoms with Crippen LogP contribution in [0.15, 0.2) is 29.3 Å². The predicted molar refractivity (Wildman–Crippen MR) is 53.3 cm³/mol. The fourth-order valence-electron chi connectivity index (χ4n) is 0.840. The monoisotopic (exact) mass is 208 g/mol. The van der Waals surface area contributed by atoms with Gasteiger partial charge < -0.3 is 4.74 Å². The van der Waals surface area contributed by atoms with E-state index in [9.17, 15) is 14.9 Å². The van der Waals surface area contributed by atoms with Gasteiger partial charge >= 0.3 is 5.97 Å². The number of aliphatic imine (C=N–C) groups is 1. The van der Waals surface area contributed by atoms with Crippen LogP contribution in [0.4, 0.5) is 11.4 Å². The van der Waals surface area contributed by atoms with Crippen LogP contribution in [0.5, 0.6) is 0 Å². The molecule has 0 aromatic heterocycles. The zero-order valence-electron chi connectivity index (χ0n) is 7.91. The molecule has 0 radical (unpaired) electrons. The Hall–Kier alpha value is -2.24. The fraction of sp³-hybridized carbons (Fsp3) is 0.111. The minimum Gasteiger partial charge on any atom is -0.465 e. The van der Waals surface area contributed by atoms with Crippen LogP contribution in [-0.2, 0) is 9.53 Å². The van der Waals surface area contributed by atoms with Crippen LogP contribution >= 0.6 is 0 Å². The van der Waals surface area contributed by atoms with E-state index in [1.807, 2.05) is 0 Å². The van der Waals surface area contributed by atoms with Gasteiger partial charge in [-0.15, -0.1) is 0 Å². The summed E-state index contributed by atoms with van der Waals surface area (Å²) in [7, 11) is 1.24. The molecule has 0 fully saturated rings.